The average molecular weight is 371 g/mol. The summed E-state index contributed by atoms with van der Waals surface area (Å²) < 4.78 is 10.8. The molecule has 2 rings (SSSR count). The normalized spacial score (nSPS) is 17.1. The average Bonchev–Trinajstić information content (AvgIpc) is 2.65. The molecule has 5 nitrogen and oxygen atoms in total. The number of hydrogen-bond acceptors (Lipinski definition) is 4. The molecule has 0 bridgehead atoms. The first-order valence-corrected chi connectivity index (χ1v) is 8.76. The Morgan fingerprint density at radius 3 is 2.40 bits per heavy atom. The minimum Gasteiger partial charge on any atom is -0.493 e. The molecule has 0 aliphatic heterocycles. The molecule has 0 spiro atoms. The molecule has 1 fully saturated rings. The van der Waals surface area contributed by atoms with Gasteiger partial charge >= 0.3 is 0 Å². The zero-order chi connectivity index (χ0) is 17.6. The van der Waals surface area contributed by atoms with Crippen molar-refractivity contribution in [3.63, 3.8) is 0 Å². The number of hydrogen-bond donors (Lipinski definition) is 2. The SMILES string of the molecule is COc1ccc(C2(CNC(=O)C(C)CN)CCCCC2)cc1OC.Cl. The first-order valence-electron chi connectivity index (χ1n) is 8.76. The highest BCUT2D eigenvalue weighted by atomic mass is 35.5. The summed E-state index contributed by atoms with van der Waals surface area (Å²) in [5.41, 5.74) is 6.77. The third-order valence-electron chi connectivity index (χ3n) is 5.21. The van der Waals surface area contributed by atoms with Crippen LogP contribution in [0.25, 0.3) is 0 Å². The summed E-state index contributed by atoms with van der Waals surface area (Å²) in [6.07, 6.45) is 5.75. The molecule has 0 heterocycles. The fourth-order valence-corrected chi connectivity index (χ4v) is 3.50. The Hall–Kier alpha value is -1.46. The van der Waals surface area contributed by atoms with Crippen molar-refractivity contribution in [2.75, 3.05) is 27.3 Å². The van der Waals surface area contributed by atoms with E-state index in [-0.39, 0.29) is 29.6 Å². The van der Waals surface area contributed by atoms with Gasteiger partial charge in [0.05, 0.1) is 14.2 Å². The van der Waals surface area contributed by atoms with E-state index in [0.717, 1.165) is 24.3 Å². The fourth-order valence-electron chi connectivity index (χ4n) is 3.50. The second-order valence-electron chi connectivity index (χ2n) is 6.77. The van der Waals surface area contributed by atoms with Gasteiger partial charge in [0.1, 0.15) is 0 Å². The largest absolute Gasteiger partial charge is 0.493 e. The van der Waals surface area contributed by atoms with Gasteiger partial charge in [-0.3, -0.25) is 4.79 Å². The highest BCUT2D eigenvalue weighted by molar-refractivity contribution is 5.85. The smallest absolute Gasteiger partial charge is 0.224 e. The minimum absolute atomic E-state index is 0. The molecule has 0 saturated heterocycles. The molecule has 1 saturated carbocycles. The topological polar surface area (TPSA) is 73.6 Å². The van der Waals surface area contributed by atoms with Crippen LogP contribution < -0.4 is 20.5 Å². The molecular formula is C19H31ClN2O3. The molecular weight excluding hydrogens is 340 g/mol. The first-order chi connectivity index (χ1) is 11.6. The molecule has 1 aromatic carbocycles. The summed E-state index contributed by atoms with van der Waals surface area (Å²) in [4.78, 5) is 12.2. The van der Waals surface area contributed by atoms with E-state index in [4.69, 9.17) is 15.2 Å². The summed E-state index contributed by atoms with van der Waals surface area (Å²) in [6.45, 7) is 2.88. The molecule has 142 valence electrons. The molecule has 1 aromatic rings. The van der Waals surface area contributed by atoms with Crippen molar-refractivity contribution in [3.05, 3.63) is 23.8 Å². The fraction of sp³-hybridized carbons (Fsp3) is 0.632. The summed E-state index contributed by atoms with van der Waals surface area (Å²) in [5.74, 6) is 1.34. The molecule has 1 unspecified atom stereocenters. The van der Waals surface area contributed by atoms with Crippen molar-refractivity contribution in [1.29, 1.82) is 0 Å². The lowest BCUT2D eigenvalue weighted by atomic mass is 9.69. The number of ether oxygens (including phenoxy) is 2. The van der Waals surface area contributed by atoms with Gasteiger partial charge in [0.25, 0.3) is 0 Å². The minimum atomic E-state index is -0.156. The van der Waals surface area contributed by atoms with Gasteiger partial charge in [-0.1, -0.05) is 32.3 Å². The molecule has 25 heavy (non-hydrogen) atoms. The Balaban J connectivity index is 0.00000312. The summed E-state index contributed by atoms with van der Waals surface area (Å²) >= 11 is 0. The van der Waals surface area contributed by atoms with Crippen molar-refractivity contribution >= 4 is 18.3 Å². The molecule has 0 aromatic heterocycles. The van der Waals surface area contributed by atoms with Gasteiger partial charge in [-0.05, 0) is 30.5 Å². The molecule has 1 aliphatic rings. The van der Waals surface area contributed by atoms with E-state index < -0.39 is 0 Å². The van der Waals surface area contributed by atoms with Gasteiger partial charge < -0.3 is 20.5 Å². The Bertz CT molecular complexity index is 560. The maximum absolute atomic E-state index is 12.2. The maximum atomic E-state index is 12.2. The van der Waals surface area contributed by atoms with Gasteiger partial charge in [-0.15, -0.1) is 12.4 Å². The number of nitrogens with one attached hydrogen (secondary N) is 1. The van der Waals surface area contributed by atoms with Crippen molar-refractivity contribution in [3.8, 4) is 11.5 Å². The van der Waals surface area contributed by atoms with Crippen molar-refractivity contribution in [2.45, 2.75) is 44.4 Å². The predicted molar refractivity (Wildman–Crippen MR) is 103 cm³/mol. The van der Waals surface area contributed by atoms with Crippen LogP contribution in [0, 0.1) is 5.92 Å². The van der Waals surface area contributed by atoms with E-state index >= 15 is 0 Å². The van der Waals surface area contributed by atoms with Crippen LogP contribution >= 0.6 is 12.4 Å². The molecule has 1 amide bonds. The summed E-state index contributed by atoms with van der Waals surface area (Å²) in [6, 6.07) is 6.11. The van der Waals surface area contributed by atoms with Crippen LogP contribution in [-0.2, 0) is 10.2 Å². The molecule has 0 radical (unpaired) electrons. The number of benzene rings is 1. The van der Waals surface area contributed by atoms with E-state index in [1.165, 1.54) is 24.8 Å². The van der Waals surface area contributed by atoms with Crippen LogP contribution in [-0.4, -0.2) is 33.2 Å². The van der Waals surface area contributed by atoms with Crippen LogP contribution in [0.5, 0.6) is 11.5 Å². The Morgan fingerprint density at radius 2 is 1.84 bits per heavy atom. The number of methoxy groups -OCH3 is 2. The Morgan fingerprint density at radius 1 is 1.20 bits per heavy atom. The van der Waals surface area contributed by atoms with Crippen molar-refractivity contribution < 1.29 is 14.3 Å². The van der Waals surface area contributed by atoms with Gasteiger partial charge in [-0.2, -0.15) is 0 Å². The molecule has 3 N–H and O–H groups in total. The molecule has 6 heteroatoms. The van der Waals surface area contributed by atoms with Crippen molar-refractivity contribution in [1.82, 2.24) is 5.32 Å². The quantitative estimate of drug-likeness (QED) is 0.773. The standard InChI is InChI=1S/C19H30N2O3.ClH/c1-14(12-20)18(22)21-13-19(9-5-4-6-10-19)15-7-8-16(23-2)17(11-15)24-3;/h7-8,11,14H,4-6,9-10,12-13,20H2,1-3H3,(H,21,22);1H. The number of amides is 1. The predicted octanol–water partition coefficient (Wildman–Crippen LogP) is 3.04. The van der Waals surface area contributed by atoms with E-state index in [0.29, 0.717) is 13.1 Å². The zero-order valence-corrected chi connectivity index (χ0v) is 16.3. The van der Waals surface area contributed by atoms with Gasteiger partial charge in [0, 0.05) is 24.4 Å². The number of carbonyl (C=O) groups excluding carboxylic acids is 1. The first kappa shape index (κ1) is 21.6. The van der Waals surface area contributed by atoms with Crippen LogP contribution in [0.2, 0.25) is 0 Å². The second-order valence-corrected chi connectivity index (χ2v) is 6.77. The van der Waals surface area contributed by atoms with Crippen LogP contribution in [0.4, 0.5) is 0 Å². The second kappa shape index (κ2) is 9.88. The van der Waals surface area contributed by atoms with Crippen LogP contribution in [0.3, 0.4) is 0 Å². The number of halogens is 1. The summed E-state index contributed by atoms with van der Waals surface area (Å²) in [7, 11) is 3.29. The van der Waals surface area contributed by atoms with E-state index in [2.05, 4.69) is 17.4 Å². The maximum Gasteiger partial charge on any atom is 0.224 e. The third kappa shape index (κ3) is 5.02. The van der Waals surface area contributed by atoms with E-state index in [1.807, 2.05) is 13.0 Å². The number of carbonyl (C=O) groups is 1. The van der Waals surface area contributed by atoms with Gasteiger partial charge in [-0.25, -0.2) is 0 Å². The monoisotopic (exact) mass is 370 g/mol. The Labute approximate surface area is 157 Å². The molecule has 1 aliphatic carbocycles. The van der Waals surface area contributed by atoms with Gasteiger partial charge in [0.15, 0.2) is 11.5 Å². The lowest BCUT2D eigenvalue weighted by molar-refractivity contribution is -0.124. The summed E-state index contributed by atoms with van der Waals surface area (Å²) in [5, 5.41) is 3.12. The highest BCUT2D eigenvalue weighted by Crippen LogP contribution is 2.42. The third-order valence-corrected chi connectivity index (χ3v) is 5.21. The van der Waals surface area contributed by atoms with Gasteiger partial charge in [0.2, 0.25) is 5.91 Å². The van der Waals surface area contributed by atoms with E-state index in [1.54, 1.807) is 14.2 Å². The van der Waals surface area contributed by atoms with Crippen LogP contribution in [0.1, 0.15) is 44.6 Å². The van der Waals surface area contributed by atoms with Crippen molar-refractivity contribution in [2.24, 2.45) is 11.7 Å². The van der Waals surface area contributed by atoms with Crippen LogP contribution in [0.15, 0.2) is 18.2 Å². The molecule has 1 atom stereocenters. The zero-order valence-electron chi connectivity index (χ0n) is 15.5. The number of nitrogens with two attached hydrogens (primary N) is 1. The lowest BCUT2D eigenvalue weighted by Gasteiger charge is -2.38. The Kier molecular flexibility index (Phi) is 8.53. The number of rotatable bonds is 7. The van der Waals surface area contributed by atoms with E-state index in [9.17, 15) is 4.79 Å². The highest BCUT2D eigenvalue weighted by Gasteiger charge is 2.35. The lowest BCUT2D eigenvalue weighted by Crippen LogP contribution is -2.44.